The van der Waals surface area contributed by atoms with Gasteiger partial charge < -0.3 is 5.32 Å². The van der Waals surface area contributed by atoms with Gasteiger partial charge in [-0.1, -0.05) is 42.3 Å². The molecular weight excluding hydrogens is 316 g/mol. The molecule has 1 aromatic carbocycles. The van der Waals surface area contributed by atoms with Gasteiger partial charge in [0.2, 0.25) is 0 Å². The molecule has 0 amide bonds. The van der Waals surface area contributed by atoms with Crippen molar-refractivity contribution in [1.29, 1.82) is 0 Å². The number of benzene rings is 1. The van der Waals surface area contributed by atoms with Crippen molar-refractivity contribution >= 4 is 34.5 Å². The van der Waals surface area contributed by atoms with E-state index >= 15 is 0 Å². The van der Waals surface area contributed by atoms with Crippen molar-refractivity contribution in [3.05, 3.63) is 55.9 Å². The van der Waals surface area contributed by atoms with E-state index in [1.165, 1.54) is 17.4 Å². The van der Waals surface area contributed by atoms with Gasteiger partial charge in [0, 0.05) is 11.6 Å². The highest BCUT2D eigenvalue weighted by molar-refractivity contribution is 7.20. The average molecular weight is 332 g/mol. The Morgan fingerprint density at radius 2 is 2.10 bits per heavy atom. The second kappa shape index (κ2) is 7.41. The van der Waals surface area contributed by atoms with E-state index in [1.54, 1.807) is 12.1 Å². The molecular formula is C15H16Cl2FNS. The molecule has 1 nitrogen and oxygen atoms in total. The van der Waals surface area contributed by atoms with Gasteiger partial charge in [0.05, 0.1) is 8.67 Å². The van der Waals surface area contributed by atoms with Crippen LogP contribution in [-0.2, 0) is 6.42 Å². The van der Waals surface area contributed by atoms with Crippen molar-refractivity contribution < 1.29 is 4.39 Å². The Labute approximate surface area is 132 Å². The molecule has 5 heteroatoms. The minimum absolute atomic E-state index is 0.0491. The summed E-state index contributed by atoms with van der Waals surface area (Å²) in [4.78, 5) is 0. The van der Waals surface area contributed by atoms with E-state index in [0.29, 0.717) is 15.1 Å². The molecule has 1 unspecified atom stereocenters. The maximum Gasteiger partial charge on any atom is 0.123 e. The Kier molecular flexibility index (Phi) is 5.85. The summed E-state index contributed by atoms with van der Waals surface area (Å²) < 4.78 is 14.7. The number of rotatable bonds is 6. The smallest absolute Gasteiger partial charge is 0.123 e. The molecule has 1 N–H and O–H groups in total. The van der Waals surface area contributed by atoms with Crippen LogP contribution in [-0.4, -0.2) is 6.54 Å². The Morgan fingerprint density at radius 1 is 1.30 bits per heavy atom. The molecule has 0 radical (unpaired) electrons. The van der Waals surface area contributed by atoms with Gasteiger partial charge in [-0.05, 0) is 43.1 Å². The molecule has 2 rings (SSSR count). The van der Waals surface area contributed by atoms with Crippen molar-refractivity contribution in [3.8, 4) is 0 Å². The predicted molar refractivity (Wildman–Crippen MR) is 85.5 cm³/mol. The Balaban J connectivity index is 2.21. The first-order chi connectivity index (χ1) is 9.60. The SMILES string of the molecule is CCCNC(Cc1cccc(F)c1)c1cc(Cl)sc1Cl. The van der Waals surface area contributed by atoms with Gasteiger partial charge in [-0.15, -0.1) is 11.3 Å². The van der Waals surface area contributed by atoms with Gasteiger partial charge in [0.1, 0.15) is 5.82 Å². The fraction of sp³-hybridized carbons (Fsp3) is 0.333. The van der Waals surface area contributed by atoms with Crippen LogP contribution in [0.15, 0.2) is 30.3 Å². The largest absolute Gasteiger partial charge is 0.310 e. The summed E-state index contributed by atoms with van der Waals surface area (Å²) in [5, 5.41) is 3.45. The maximum atomic E-state index is 13.3. The lowest BCUT2D eigenvalue weighted by molar-refractivity contribution is 0.528. The van der Waals surface area contributed by atoms with E-state index in [4.69, 9.17) is 23.2 Å². The van der Waals surface area contributed by atoms with E-state index in [0.717, 1.165) is 24.1 Å². The first kappa shape index (κ1) is 15.8. The third-order valence-electron chi connectivity index (χ3n) is 3.03. The van der Waals surface area contributed by atoms with E-state index in [9.17, 15) is 4.39 Å². The normalized spacial score (nSPS) is 12.6. The van der Waals surface area contributed by atoms with Crippen LogP contribution in [0.4, 0.5) is 4.39 Å². The highest BCUT2D eigenvalue weighted by atomic mass is 35.5. The van der Waals surface area contributed by atoms with Crippen LogP contribution < -0.4 is 5.32 Å². The number of halogens is 3. The van der Waals surface area contributed by atoms with Crippen molar-refractivity contribution in [2.75, 3.05) is 6.54 Å². The lowest BCUT2D eigenvalue weighted by Gasteiger charge is -2.18. The molecule has 0 aliphatic heterocycles. The number of hydrogen-bond acceptors (Lipinski definition) is 2. The molecule has 108 valence electrons. The molecule has 0 fully saturated rings. The van der Waals surface area contributed by atoms with Crippen LogP contribution in [0.3, 0.4) is 0 Å². The van der Waals surface area contributed by atoms with Crippen LogP contribution in [0, 0.1) is 5.82 Å². The topological polar surface area (TPSA) is 12.0 Å². The summed E-state index contributed by atoms with van der Waals surface area (Å²) in [7, 11) is 0. The Bertz CT molecular complexity index is 571. The fourth-order valence-corrected chi connectivity index (χ4v) is 3.68. The van der Waals surface area contributed by atoms with Gasteiger partial charge in [-0.3, -0.25) is 0 Å². The summed E-state index contributed by atoms with van der Waals surface area (Å²) in [6.45, 7) is 2.98. The molecule has 2 aromatic rings. The number of hydrogen-bond donors (Lipinski definition) is 1. The summed E-state index contributed by atoms with van der Waals surface area (Å²) in [6.07, 6.45) is 1.71. The van der Waals surface area contributed by atoms with Gasteiger partial charge >= 0.3 is 0 Å². The predicted octanol–water partition coefficient (Wildman–Crippen LogP) is 5.48. The monoisotopic (exact) mass is 331 g/mol. The molecule has 1 aromatic heterocycles. The highest BCUT2D eigenvalue weighted by Gasteiger charge is 2.17. The van der Waals surface area contributed by atoms with Crippen molar-refractivity contribution in [1.82, 2.24) is 5.32 Å². The maximum absolute atomic E-state index is 13.3. The van der Waals surface area contributed by atoms with Gasteiger partial charge in [-0.2, -0.15) is 0 Å². The average Bonchev–Trinajstić information content (AvgIpc) is 2.73. The van der Waals surface area contributed by atoms with Gasteiger partial charge in [-0.25, -0.2) is 4.39 Å². The first-order valence-electron chi connectivity index (χ1n) is 6.52. The summed E-state index contributed by atoms with van der Waals surface area (Å²) in [5.74, 6) is -0.216. The third-order valence-corrected chi connectivity index (χ3v) is 4.55. The van der Waals surface area contributed by atoms with E-state index in [2.05, 4.69) is 12.2 Å². The second-order valence-electron chi connectivity index (χ2n) is 4.62. The first-order valence-corrected chi connectivity index (χ1v) is 8.10. The zero-order valence-corrected chi connectivity index (χ0v) is 13.5. The molecule has 0 bridgehead atoms. The zero-order valence-electron chi connectivity index (χ0n) is 11.1. The van der Waals surface area contributed by atoms with Gasteiger partial charge in [0.25, 0.3) is 0 Å². The van der Waals surface area contributed by atoms with Crippen molar-refractivity contribution in [3.63, 3.8) is 0 Å². The molecule has 20 heavy (non-hydrogen) atoms. The minimum Gasteiger partial charge on any atom is -0.310 e. The molecule has 0 saturated heterocycles. The molecule has 0 spiro atoms. The lowest BCUT2D eigenvalue weighted by Crippen LogP contribution is -2.24. The quantitative estimate of drug-likeness (QED) is 0.739. The summed E-state index contributed by atoms with van der Waals surface area (Å²) in [5.41, 5.74) is 1.93. The molecule has 1 heterocycles. The Hall–Kier alpha value is -0.610. The number of nitrogens with one attached hydrogen (secondary N) is 1. The van der Waals surface area contributed by atoms with E-state index in [-0.39, 0.29) is 11.9 Å². The van der Waals surface area contributed by atoms with Gasteiger partial charge in [0.15, 0.2) is 0 Å². The highest BCUT2D eigenvalue weighted by Crippen LogP contribution is 2.36. The summed E-state index contributed by atoms with van der Waals surface area (Å²) in [6, 6.07) is 8.60. The summed E-state index contributed by atoms with van der Waals surface area (Å²) >= 11 is 13.6. The zero-order chi connectivity index (χ0) is 14.5. The third kappa shape index (κ3) is 4.19. The number of thiophene rings is 1. The van der Waals surface area contributed by atoms with Crippen LogP contribution in [0.25, 0.3) is 0 Å². The molecule has 0 aliphatic carbocycles. The van der Waals surface area contributed by atoms with Crippen molar-refractivity contribution in [2.45, 2.75) is 25.8 Å². The second-order valence-corrected chi connectivity index (χ2v) is 6.91. The van der Waals surface area contributed by atoms with E-state index < -0.39 is 0 Å². The van der Waals surface area contributed by atoms with Crippen LogP contribution in [0.2, 0.25) is 8.67 Å². The van der Waals surface area contributed by atoms with Crippen molar-refractivity contribution in [2.24, 2.45) is 0 Å². The van der Waals surface area contributed by atoms with Crippen LogP contribution >= 0.6 is 34.5 Å². The molecule has 0 aliphatic rings. The Morgan fingerprint density at radius 3 is 2.70 bits per heavy atom. The van der Waals surface area contributed by atoms with Crippen LogP contribution in [0.1, 0.15) is 30.5 Å². The minimum atomic E-state index is -0.216. The van der Waals surface area contributed by atoms with Crippen LogP contribution in [0.5, 0.6) is 0 Å². The molecule has 0 saturated carbocycles. The lowest BCUT2D eigenvalue weighted by atomic mass is 10.0. The molecule has 1 atom stereocenters. The van der Waals surface area contributed by atoms with E-state index in [1.807, 2.05) is 12.1 Å². The standard InChI is InChI=1S/C15H16Cl2FNS/c1-2-6-19-13(12-9-14(16)20-15(12)17)8-10-4-3-5-11(18)7-10/h3-5,7,9,13,19H,2,6,8H2,1H3. The fourth-order valence-electron chi connectivity index (χ4n) is 2.10.